The number of methoxy groups -OCH3 is 1. The van der Waals surface area contributed by atoms with Gasteiger partial charge in [-0.15, -0.1) is 5.10 Å². The predicted molar refractivity (Wildman–Crippen MR) is 123 cm³/mol. The Morgan fingerprint density at radius 1 is 1.31 bits per heavy atom. The second kappa shape index (κ2) is 9.39. The van der Waals surface area contributed by atoms with Gasteiger partial charge in [-0.05, 0) is 32.0 Å². The van der Waals surface area contributed by atoms with Crippen LogP contribution in [0.4, 0.5) is 21.8 Å². The first kappa shape index (κ1) is 23.3. The number of nitrogens with one attached hydrogen (secondary N) is 2. The molecule has 0 bridgehead atoms. The number of carbonyl (C=O) groups excluding carboxylic acids is 1. The van der Waals surface area contributed by atoms with Gasteiger partial charge in [0.15, 0.2) is 5.82 Å². The SMILES string of the molecule is COc1ccc(F)cc1Cn1cc(CNc2nc(C)c3c(n2)N(C)[C@@H](C)C(=O)N3)nn1.S. The number of nitrogens with zero attached hydrogens (tertiary/aromatic N) is 6. The fourth-order valence-electron chi connectivity index (χ4n) is 3.34. The van der Waals surface area contributed by atoms with Crippen LogP contribution in [0.25, 0.3) is 0 Å². The second-order valence-electron chi connectivity index (χ2n) is 7.32. The van der Waals surface area contributed by atoms with Crippen LogP contribution in [0.5, 0.6) is 5.75 Å². The molecule has 1 aromatic carbocycles. The van der Waals surface area contributed by atoms with E-state index in [1.54, 1.807) is 16.9 Å². The average molecular weight is 461 g/mol. The number of ether oxygens (including phenoxy) is 1. The van der Waals surface area contributed by atoms with Gasteiger partial charge in [0.05, 0.1) is 32.1 Å². The molecule has 0 radical (unpaired) electrons. The Balaban J connectivity index is 0.00000289. The lowest BCUT2D eigenvalue weighted by Crippen LogP contribution is -2.44. The van der Waals surface area contributed by atoms with Crippen LogP contribution in [0.2, 0.25) is 0 Å². The molecule has 3 heterocycles. The number of rotatable bonds is 6. The zero-order chi connectivity index (χ0) is 22.1. The van der Waals surface area contributed by atoms with Crippen molar-refractivity contribution in [3.63, 3.8) is 0 Å². The van der Waals surface area contributed by atoms with Gasteiger partial charge in [-0.25, -0.2) is 14.1 Å². The molecular formula is C20H25FN8O2S. The summed E-state index contributed by atoms with van der Waals surface area (Å²) in [5.41, 5.74) is 2.62. The van der Waals surface area contributed by atoms with Crippen molar-refractivity contribution in [3.05, 3.63) is 47.2 Å². The molecule has 1 amide bonds. The Hall–Kier alpha value is -3.41. The maximum absolute atomic E-state index is 13.6. The molecule has 3 aromatic rings. The Labute approximate surface area is 191 Å². The number of aromatic nitrogens is 5. The molecule has 0 fully saturated rings. The van der Waals surface area contributed by atoms with Crippen molar-refractivity contribution < 1.29 is 13.9 Å². The fourth-order valence-corrected chi connectivity index (χ4v) is 3.34. The van der Waals surface area contributed by atoms with Crippen LogP contribution in [0.15, 0.2) is 24.4 Å². The average Bonchev–Trinajstić information content (AvgIpc) is 3.19. The lowest BCUT2D eigenvalue weighted by Gasteiger charge is -2.32. The highest BCUT2D eigenvalue weighted by Gasteiger charge is 2.30. The molecule has 4 rings (SSSR count). The van der Waals surface area contributed by atoms with Crippen molar-refractivity contribution in [2.24, 2.45) is 0 Å². The van der Waals surface area contributed by atoms with Gasteiger partial charge in [0.1, 0.15) is 29.0 Å². The van der Waals surface area contributed by atoms with E-state index in [9.17, 15) is 9.18 Å². The zero-order valence-electron chi connectivity index (χ0n) is 18.2. The van der Waals surface area contributed by atoms with Gasteiger partial charge >= 0.3 is 0 Å². The van der Waals surface area contributed by atoms with Crippen molar-refractivity contribution in [1.82, 2.24) is 25.0 Å². The molecule has 0 aliphatic carbocycles. The van der Waals surface area contributed by atoms with Gasteiger partial charge < -0.3 is 20.3 Å². The van der Waals surface area contributed by atoms with Crippen LogP contribution < -0.4 is 20.3 Å². The van der Waals surface area contributed by atoms with Crippen LogP contribution in [-0.4, -0.2) is 51.1 Å². The van der Waals surface area contributed by atoms with Crippen molar-refractivity contribution in [1.29, 1.82) is 0 Å². The molecule has 0 saturated heterocycles. The summed E-state index contributed by atoms with van der Waals surface area (Å²) in [7, 11) is 3.36. The van der Waals surface area contributed by atoms with Crippen molar-refractivity contribution >= 4 is 36.9 Å². The number of benzene rings is 1. The third-order valence-electron chi connectivity index (χ3n) is 5.20. The van der Waals surface area contributed by atoms with E-state index in [0.29, 0.717) is 53.2 Å². The Bertz CT molecular complexity index is 1140. The number of fused-ring (bicyclic) bond motifs is 1. The van der Waals surface area contributed by atoms with Crippen LogP contribution in [0.3, 0.4) is 0 Å². The standard InChI is InChI=1S/C20H23FN8O2.H2S/c1-11-17-18(28(3)12(2)19(30)24-17)25-20(23-11)22-8-15-10-29(27-26-15)9-13-7-14(21)5-6-16(13)31-4;/h5-7,10,12H,8-9H2,1-4H3,(H,24,30)(H,22,23,25);1H2/t12-;/m0./s1. The van der Waals surface area contributed by atoms with Gasteiger partial charge in [-0.2, -0.15) is 18.5 Å². The number of aryl methyl sites for hydroxylation is 1. The summed E-state index contributed by atoms with van der Waals surface area (Å²) in [5, 5.41) is 14.2. The molecule has 0 spiro atoms. The Kier molecular flexibility index (Phi) is 6.82. The van der Waals surface area contributed by atoms with Crippen molar-refractivity contribution in [2.45, 2.75) is 33.0 Å². The first-order valence-corrected chi connectivity index (χ1v) is 9.73. The van der Waals surface area contributed by atoms with E-state index >= 15 is 0 Å². The highest BCUT2D eigenvalue weighted by atomic mass is 32.1. The molecule has 2 N–H and O–H groups in total. The number of carbonyl (C=O) groups is 1. The maximum atomic E-state index is 13.6. The summed E-state index contributed by atoms with van der Waals surface area (Å²) in [4.78, 5) is 22.8. The van der Waals surface area contributed by atoms with Crippen LogP contribution in [0.1, 0.15) is 23.9 Å². The third kappa shape index (κ3) is 4.59. The summed E-state index contributed by atoms with van der Waals surface area (Å²) in [6.45, 7) is 4.31. The lowest BCUT2D eigenvalue weighted by molar-refractivity contribution is -0.117. The number of anilines is 3. The quantitative estimate of drug-likeness (QED) is 0.575. The molecule has 32 heavy (non-hydrogen) atoms. The number of likely N-dealkylation sites (N-methyl/N-ethyl adjacent to an activating group) is 1. The fraction of sp³-hybridized carbons (Fsp3) is 0.350. The Morgan fingerprint density at radius 2 is 2.09 bits per heavy atom. The van der Waals surface area contributed by atoms with Crippen molar-refractivity contribution in [2.75, 3.05) is 29.7 Å². The minimum absolute atomic E-state index is 0. The molecule has 2 aromatic heterocycles. The summed E-state index contributed by atoms with van der Waals surface area (Å²) in [6.07, 6.45) is 1.76. The minimum atomic E-state index is -0.340. The zero-order valence-corrected chi connectivity index (χ0v) is 19.2. The monoisotopic (exact) mass is 460 g/mol. The predicted octanol–water partition coefficient (Wildman–Crippen LogP) is 2.07. The summed E-state index contributed by atoms with van der Waals surface area (Å²) in [5.74, 6) is 1.24. The van der Waals surface area contributed by atoms with Crippen LogP contribution in [-0.2, 0) is 17.9 Å². The molecule has 1 aliphatic heterocycles. The van der Waals surface area contributed by atoms with Gasteiger partial charge in [0.2, 0.25) is 11.9 Å². The number of amides is 1. The van der Waals surface area contributed by atoms with Gasteiger partial charge in [-0.1, -0.05) is 5.21 Å². The van der Waals surface area contributed by atoms with E-state index in [0.717, 1.165) is 0 Å². The van der Waals surface area contributed by atoms with E-state index in [1.165, 1.54) is 19.2 Å². The van der Waals surface area contributed by atoms with E-state index in [2.05, 4.69) is 30.9 Å². The molecule has 0 unspecified atom stereocenters. The Morgan fingerprint density at radius 3 is 2.84 bits per heavy atom. The highest BCUT2D eigenvalue weighted by molar-refractivity contribution is 7.59. The molecule has 12 heteroatoms. The molecule has 10 nitrogen and oxygen atoms in total. The summed E-state index contributed by atoms with van der Waals surface area (Å²) < 4.78 is 20.5. The first-order valence-electron chi connectivity index (χ1n) is 9.73. The molecule has 1 atom stereocenters. The number of hydrogen-bond donors (Lipinski definition) is 2. The van der Waals surface area contributed by atoms with Gasteiger partial charge in [0, 0.05) is 12.6 Å². The second-order valence-corrected chi connectivity index (χ2v) is 7.32. The van der Waals surface area contributed by atoms with Crippen LogP contribution >= 0.6 is 13.5 Å². The van der Waals surface area contributed by atoms with E-state index in [4.69, 9.17) is 4.74 Å². The minimum Gasteiger partial charge on any atom is -0.496 e. The largest absolute Gasteiger partial charge is 0.496 e. The van der Waals surface area contributed by atoms with E-state index in [-0.39, 0.29) is 31.3 Å². The maximum Gasteiger partial charge on any atom is 0.246 e. The molecule has 0 saturated carbocycles. The first-order chi connectivity index (χ1) is 14.9. The van der Waals surface area contributed by atoms with Gasteiger partial charge in [0.25, 0.3) is 0 Å². The summed E-state index contributed by atoms with van der Waals surface area (Å²) >= 11 is 0. The molecule has 1 aliphatic rings. The van der Waals surface area contributed by atoms with Crippen molar-refractivity contribution in [3.8, 4) is 5.75 Å². The summed E-state index contributed by atoms with van der Waals surface area (Å²) in [6, 6.07) is 4.02. The highest BCUT2D eigenvalue weighted by Crippen LogP contribution is 2.32. The third-order valence-corrected chi connectivity index (χ3v) is 5.20. The topological polar surface area (TPSA) is 110 Å². The molecule has 170 valence electrons. The van der Waals surface area contributed by atoms with E-state index in [1.807, 2.05) is 25.8 Å². The smallest absolute Gasteiger partial charge is 0.246 e. The molecular weight excluding hydrogens is 435 g/mol. The normalized spacial score (nSPS) is 15.0. The number of halogens is 1. The number of hydrogen-bond acceptors (Lipinski definition) is 8. The lowest BCUT2D eigenvalue weighted by atomic mass is 10.2. The van der Waals surface area contributed by atoms with Gasteiger partial charge in [-0.3, -0.25) is 4.79 Å². The van der Waals surface area contributed by atoms with E-state index < -0.39 is 0 Å². The van der Waals surface area contributed by atoms with Crippen LogP contribution in [0, 0.1) is 12.7 Å².